The average molecular weight is 203 g/mol. The molecule has 1 fully saturated rings. The van der Waals surface area contributed by atoms with Crippen molar-refractivity contribution in [1.82, 2.24) is 5.32 Å². The van der Waals surface area contributed by atoms with E-state index in [0.29, 0.717) is 0 Å². The van der Waals surface area contributed by atoms with E-state index in [9.17, 15) is 9.59 Å². The van der Waals surface area contributed by atoms with E-state index in [-0.39, 0.29) is 13.0 Å². The van der Waals surface area contributed by atoms with E-state index < -0.39 is 24.4 Å². The van der Waals surface area contributed by atoms with Crippen LogP contribution in [0.2, 0.25) is 0 Å². The van der Waals surface area contributed by atoms with Crippen molar-refractivity contribution in [2.45, 2.75) is 25.7 Å². The van der Waals surface area contributed by atoms with Gasteiger partial charge in [0.1, 0.15) is 6.04 Å². The smallest absolute Gasteiger partial charge is 0.407 e. The van der Waals surface area contributed by atoms with Crippen LogP contribution >= 0.6 is 0 Å². The summed E-state index contributed by atoms with van der Waals surface area (Å²) in [5, 5.41) is 2.48. The van der Waals surface area contributed by atoms with Crippen molar-refractivity contribution in [3.05, 3.63) is 0 Å². The van der Waals surface area contributed by atoms with E-state index in [1.165, 1.54) is 7.11 Å². The second-order valence-corrected chi connectivity index (χ2v) is 2.77. The summed E-state index contributed by atoms with van der Waals surface area (Å²) >= 11 is 0. The minimum absolute atomic E-state index is 0.108. The topological polar surface area (TPSA) is 73.9 Å². The Hall–Kier alpha value is -1.30. The molecule has 0 aromatic carbocycles. The summed E-state index contributed by atoms with van der Waals surface area (Å²) in [7, 11) is 1.41. The van der Waals surface area contributed by atoms with Crippen LogP contribution in [0.15, 0.2) is 0 Å². The highest BCUT2D eigenvalue weighted by atomic mass is 16.7. The second kappa shape index (κ2) is 4.80. The predicted molar refractivity (Wildman–Crippen MR) is 45.5 cm³/mol. The molecular formula is C8H13NO5. The summed E-state index contributed by atoms with van der Waals surface area (Å²) in [6.45, 7) is 1.98. The largest absolute Gasteiger partial charge is 0.450 e. The molecular weight excluding hydrogens is 190 g/mol. The van der Waals surface area contributed by atoms with Crippen molar-refractivity contribution in [3.8, 4) is 0 Å². The fourth-order valence-electron chi connectivity index (χ4n) is 1.19. The third kappa shape index (κ3) is 2.59. The van der Waals surface area contributed by atoms with Crippen LogP contribution in [0, 0.1) is 0 Å². The molecule has 0 spiro atoms. The molecule has 0 bridgehead atoms. The third-order valence-corrected chi connectivity index (χ3v) is 1.77. The Morgan fingerprint density at radius 3 is 3.00 bits per heavy atom. The summed E-state index contributed by atoms with van der Waals surface area (Å²) < 4.78 is 14.3. The number of hydrogen-bond acceptors (Lipinski definition) is 5. The number of carbonyl (C=O) groups is 2. The molecule has 0 radical (unpaired) electrons. The molecule has 1 rings (SSSR count). The maximum Gasteiger partial charge on any atom is 0.407 e. The highest BCUT2D eigenvalue weighted by molar-refractivity contribution is 5.75. The maximum atomic E-state index is 11.0. The Balaban J connectivity index is 2.43. The van der Waals surface area contributed by atoms with Crippen molar-refractivity contribution >= 4 is 12.1 Å². The fraction of sp³-hybridized carbons (Fsp3) is 0.750. The van der Waals surface area contributed by atoms with E-state index in [1.54, 1.807) is 6.92 Å². The molecule has 1 heterocycles. The fourth-order valence-corrected chi connectivity index (χ4v) is 1.19. The zero-order valence-electron chi connectivity index (χ0n) is 8.11. The first-order valence-electron chi connectivity index (χ1n) is 4.33. The Morgan fingerprint density at radius 1 is 1.71 bits per heavy atom. The molecule has 0 saturated carbocycles. The lowest BCUT2D eigenvalue weighted by atomic mass is 10.2. The minimum atomic E-state index is -0.716. The Bertz CT molecular complexity index is 230. The van der Waals surface area contributed by atoms with Crippen molar-refractivity contribution in [3.63, 3.8) is 0 Å². The molecule has 0 aromatic rings. The van der Waals surface area contributed by atoms with Crippen molar-refractivity contribution in [2.75, 3.05) is 13.7 Å². The van der Waals surface area contributed by atoms with Gasteiger partial charge in [0.05, 0.1) is 13.0 Å². The van der Waals surface area contributed by atoms with Gasteiger partial charge in [-0.1, -0.05) is 0 Å². The van der Waals surface area contributed by atoms with Gasteiger partial charge < -0.3 is 19.5 Å². The van der Waals surface area contributed by atoms with Gasteiger partial charge in [0, 0.05) is 7.11 Å². The maximum absolute atomic E-state index is 11.0. The lowest BCUT2D eigenvalue weighted by Gasteiger charge is -2.16. The molecule has 1 amide bonds. The van der Waals surface area contributed by atoms with Gasteiger partial charge in [-0.3, -0.25) is 4.79 Å². The Morgan fingerprint density at radius 2 is 2.43 bits per heavy atom. The van der Waals surface area contributed by atoms with Gasteiger partial charge in [-0.05, 0) is 6.92 Å². The average Bonchev–Trinajstić information content (AvgIpc) is 2.46. The van der Waals surface area contributed by atoms with Gasteiger partial charge >= 0.3 is 12.1 Å². The molecule has 6 heteroatoms. The molecule has 14 heavy (non-hydrogen) atoms. The molecule has 2 unspecified atom stereocenters. The van der Waals surface area contributed by atoms with Crippen LogP contribution in [0.25, 0.3) is 0 Å². The van der Waals surface area contributed by atoms with Crippen molar-refractivity contribution in [1.29, 1.82) is 0 Å². The second-order valence-electron chi connectivity index (χ2n) is 2.77. The van der Waals surface area contributed by atoms with Crippen LogP contribution in [-0.2, 0) is 19.0 Å². The zero-order valence-corrected chi connectivity index (χ0v) is 8.11. The first-order chi connectivity index (χ1) is 6.67. The standard InChI is InChI=1S/C8H13NO5/c1-3-13-8(11)9-5-4-6(10)14-7(5)12-2/h5,7H,3-4H2,1-2H3,(H,9,11). The molecule has 0 aromatic heterocycles. The lowest BCUT2D eigenvalue weighted by Crippen LogP contribution is -2.41. The summed E-state index contributed by atoms with van der Waals surface area (Å²) in [6, 6.07) is -0.466. The summed E-state index contributed by atoms with van der Waals surface area (Å²) in [4.78, 5) is 21.9. The molecule has 2 atom stereocenters. The van der Waals surface area contributed by atoms with Gasteiger partial charge in [-0.15, -0.1) is 0 Å². The van der Waals surface area contributed by atoms with E-state index in [1.807, 2.05) is 0 Å². The number of nitrogens with one attached hydrogen (secondary N) is 1. The summed E-state index contributed by atoms with van der Waals surface area (Å²) in [6.07, 6.45) is -1.18. The third-order valence-electron chi connectivity index (χ3n) is 1.77. The van der Waals surface area contributed by atoms with Gasteiger partial charge in [0.2, 0.25) is 6.29 Å². The van der Waals surface area contributed by atoms with Crippen LogP contribution in [0.5, 0.6) is 0 Å². The van der Waals surface area contributed by atoms with Gasteiger partial charge in [0.15, 0.2) is 0 Å². The number of cyclic esters (lactones) is 1. The van der Waals surface area contributed by atoms with Gasteiger partial charge in [-0.25, -0.2) is 4.79 Å². The molecule has 1 aliphatic heterocycles. The summed E-state index contributed by atoms with van der Waals surface area (Å²) in [5.41, 5.74) is 0. The number of methoxy groups -OCH3 is 1. The van der Waals surface area contributed by atoms with Crippen LogP contribution < -0.4 is 5.32 Å². The normalized spacial score (nSPS) is 25.7. The van der Waals surface area contributed by atoms with Crippen LogP contribution in [0.4, 0.5) is 4.79 Å². The highest BCUT2D eigenvalue weighted by Crippen LogP contribution is 2.15. The first-order valence-corrected chi connectivity index (χ1v) is 4.33. The van der Waals surface area contributed by atoms with Crippen LogP contribution in [0.3, 0.4) is 0 Å². The van der Waals surface area contributed by atoms with Gasteiger partial charge in [-0.2, -0.15) is 0 Å². The monoisotopic (exact) mass is 203 g/mol. The number of esters is 1. The molecule has 1 N–H and O–H groups in total. The Labute approximate surface area is 81.5 Å². The predicted octanol–water partition coefficient (Wildman–Crippen LogP) is 0.0205. The van der Waals surface area contributed by atoms with Crippen molar-refractivity contribution < 1.29 is 23.8 Å². The number of ether oxygens (including phenoxy) is 3. The molecule has 6 nitrogen and oxygen atoms in total. The molecule has 0 aliphatic carbocycles. The molecule has 1 saturated heterocycles. The van der Waals surface area contributed by atoms with E-state index in [0.717, 1.165) is 0 Å². The van der Waals surface area contributed by atoms with Crippen LogP contribution in [-0.4, -0.2) is 38.1 Å². The number of alkyl carbamates (subject to hydrolysis) is 1. The zero-order chi connectivity index (χ0) is 10.6. The minimum Gasteiger partial charge on any atom is -0.450 e. The SMILES string of the molecule is CCOC(=O)NC1CC(=O)OC1OC. The Kier molecular flexibility index (Phi) is 3.70. The number of rotatable bonds is 3. The number of carbonyl (C=O) groups excluding carboxylic acids is 2. The highest BCUT2D eigenvalue weighted by Gasteiger charge is 2.36. The van der Waals surface area contributed by atoms with E-state index >= 15 is 0 Å². The van der Waals surface area contributed by atoms with Crippen LogP contribution in [0.1, 0.15) is 13.3 Å². The lowest BCUT2D eigenvalue weighted by molar-refractivity contribution is -0.159. The van der Waals surface area contributed by atoms with E-state index in [2.05, 4.69) is 10.1 Å². The van der Waals surface area contributed by atoms with E-state index in [4.69, 9.17) is 9.47 Å². The number of hydrogen-bond donors (Lipinski definition) is 1. The molecule has 80 valence electrons. The van der Waals surface area contributed by atoms with Crippen molar-refractivity contribution in [2.24, 2.45) is 0 Å². The first kappa shape index (κ1) is 10.8. The quantitative estimate of drug-likeness (QED) is 0.654. The number of amides is 1. The summed E-state index contributed by atoms with van der Waals surface area (Å²) in [5.74, 6) is -0.390. The molecule has 1 aliphatic rings. The van der Waals surface area contributed by atoms with Gasteiger partial charge in [0.25, 0.3) is 0 Å².